The van der Waals surface area contributed by atoms with Crippen LogP contribution in [0.5, 0.6) is 0 Å². The molecule has 136 valence electrons. The summed E-state index contributed by atoms with van der Waals surface area (Å²) >= 11 is 0. The van der Waals surface area contributed by atoms with E-state index in [9.17, 15) is 0 Å². The second-order valence-corrected chi connectivity index (χ2v) is 7.63. The molecule has 3 N–H and O–H groups in total. The number of fused-ring (bicyclic) bond motifs is 2. The van der Waals surface area contributed by atoms with Crippen molar-refractivity contribution in [2.24, 2.45) is 5.73 Å². The Bertz CT molecular complexity index is 1060. The SMILES string of the molecule is NC1CCN(Cc2ccc3cncc(-c4cc5ccccc5[nH]4)c3c2)CC1. The number of nitrogens with two attached hydrogens (primary N) is 1. The van der Waals surface area contributed by atoms with E-state index in [1.54, 1.807) is 0 Å². The maximum atomic E-state index is 6.04. The van der Waals surface area contributed by atoms with E-state index in [1.165, 1.54) is 21.7 Å². The van der Waals surface area contributed by atoms with Crippen LogP contribution in [-0.2, 0) is 6.54 Å². The molecule has 0 saturated carbocycles. The first-order valence-electron chi connectivity index (χ1n) is 9.69. The van der Waals surface area contributed by atoms with Crippen molar-refractivity contribution in [2.75, 3.05) is 13.1 Å². The number of para-hydroxylation sites is 1. The number of piperidine rings is 1. The number of hydrogen-bond donors (Lipinski definition) is 2. The normalized spacial score (nSPS) is 16.3. The number of nitrogens with one attached hydrogen (secondary N) is 1. The van der Waals surface area contributed by atoms with Gasteiger partial charge in [0.1, 0.15) is 0 Å². The van der Waals surface area contributed by atoms with Gasteiger partial charge < -0.3 is 10.7 Å². The molecule has 0 spiro atoms. The van der Waals surface area contributed by atoms with Crippen molar-refractivity contribution in [1.82, 2.24) is 14.9 Å². The van der Waals surface area contributed by atoms with Crippen molar-refractivity contribution in [1.29, 1.82) is 0 Å². The van der Waals surface area contributed by atoms with Gasteiger partial charge in [-0.1, -0.05) is 30.3 Å². The first-order valence-corrected chi connectivity index (χ1v) is 9.69. The van der Waals surface area contributed by atoms with Gasteiger partial charge in [-0.2, -0.15) is 0 Å². The average Bonchev–Trinajstić information content (AvgIpc) is 3.13. The van der Waals surface area contributed by atoms with Crippen LogP contribution in [0.3, 0.4) is 0 Å². The Labute approximate surface area is 159 Å². The molecule has 1 fully saturated rings. The van der Waals surface area contributed by atoms with E-state index in [0.29, 0.717) is 6.04 Å². The van der Waals surface area contributed by atoms with E-state index in [-0.39, 0.29) is 0 Å². The Hall–Kier alpha value is -2.69. The third-order valence-electron chi connectivity index (χ3n) is 5.68. The van der Waals surface area contributed by atoms with Crippen LogP contribution in [0.15, 0.2) is 60.9 Å². The molecule has 0 unspecified atom stereocenters. The number of H-pyrrole nitrogens is 1. The Kier molecular flexibility index (Phi) is 4.15. The molecule has 5 rings (SSSR count). The highest BCUT2D eigenvalue weighted by molar-refractivity contribution is 5.98. The fourth-order valence-corrected chi connectivity index (χ4v) is 4.11. The van der Waals surface area contributed by atoms with Crippen LogP contribution in [0.25, 0.3) is 32.9 Å². The number of pyridine rings is 1. The lowest BCUT2D eigenvalue weighted by molar-refractivity contribution is 0.206. The summed E-state index contributed by atoms with van der Waals surface area (Å²) in [5, 5.41) is 3.66. The summed E-state index contributed by atoms with van der Waals surface area (Å²) in [4.78, 5) is 10.5. The number of hydrogen-bond acceptors (Lipinski definition) is 3. The molecule has 27 heavy (non-hydrogen) atoms. The van der Waals surface area contributed by atoms with Gasteiger partial charge in [-0.25, -0.2) is 0 Å². The van der Waals surface area contributed by atoms with Gasteiger partial charge in [-0.3, -0.25) is 9.88 Å². The fourth-order valence-electron chi connectivity index (χ4n) is 4.11. The van der Waals surface area contributed by atoms with E-state index >= 15 is 0 Å². The summed E-state index contributed by atoms with van der Waals surface area (Å²) in [5.74, 6) is 0. The zero-order valence-electron chi connectivity index (χ0n) is 15.4. The van der Waals surface area contributed by atoms with Crippen molar-refractivity contribution in [2.45, 2.75) is 25.4 Å². The molecule has 1 saturated heterocycles. The van der Waals surface area contributed by atoms with Gasteiger partial charge in [0.05, 0.1) is 0 Å². The van der Waals surface area contributed by atoms with Crippen LogP contribution in [0.1, 0.15) is 18.4 Å². The predicted octanol–water partition coefficient (Wildman–Crippen LogP) is 4.31. The quantitative estimate of drug-likeness (QED) is 0.575. The molecular weight excluding hydrogens is 332 g/mol. The predicted molar refractivity (Wildman–Crippen MR) is 112 cm³/mol. The lowest BCUT2D eigenvalue weighted by Gasteiger charge is -2.30. The molecule has 0 radical (unpaired) electrons. The van der Waals surface area contributed by atoms with Crippen molar-refractivity contribution in [3.8, 4) is 11.3 Å². The molecule has 4 nitrogen and oxygen atoms in total. The number of aromatic amines is 1. The van der Waals surface area contributed by atoms with Gasteiger partial charge in [0.15, 0.2) is 0 Å². The van der Waals surface area contributed by atoms with Crippen molar-refractivity contribution >= 4 is 21.7 Å². The van der Waals surface area contributed by atoms with E-state index in [0.717, 1.165) is 49.2 Å². The summed E-state index contributed by atoms with van der Waals surface area (Å²) in [7, 11) is 0. The van der Waals surface area contributed by atoms with Gasteiger partial charge in [0.25, 0.3) is 0 Å². The molecule has 3 heterocycles. The third kappa shape index (κ3) is 3.22. The van der Waals surface area contributed by atoms with E-state index in [4.69, 9.17) is 5.73 Å². The number of rotatable bonds is 3. The second-order valence-electron chi connectivity index (χ2n) is 7.63. The first kappa shape index (κ1) is 16.5. The summed E-state index contributed by atoms with van der Waals surface area (Å²) < 4.78 is 0. The highest BCUT2D eigenvalue weighted by atomic mass is 15.1. The summed E-state index contributed by atoms with van der Waals surface area (Å²) in [6, 6.07) is 17.7. The van der Waals surface area contributed by atoms with Crippen LogP contribution >= 0.6 is 0 Å². The second kappa shape index (κ2) is 6.80. The average molecular weight is 356 g/mol. The summed E-state index contributed by atoms with van der Waals surface area (Å²) in [6.07, 6.45) is 6.11. The molecule has 0 atom stereocenters. The van der Waals surface area contributed by atoms with E-state index < -0.39 is 0 Å². The molecule has 4 heteroatoms. The maximum absolute atomic E-state index is 6.04. The zero-order valence-corrected chi connectivity index (χ0v) is 15.4. The van der Waals surface area contributed by atoms with Crippen molar-refractivity contribution in [3.63, 3.8) is 0 Å². The summed E-state index contributed by atoms with van der Waals surface area (Å²) in [5.41, 5.74) is 10.8. The van der Waals surface area contributed by atoms with Gasteiger partial charge in [0, 0.05) is 52.5 Å². The van der Waals surface area contributed by atoms with Crippen molar-refractivity contribution < 1.29 is 0 Å². The van der Waals surface area contributed by atoms with Crippen molar-refractivity contribution in [3.05, 3.63) is 66.5 Å². The number of likely N-dealkylation sites (tertiary alicyclic amines) is 1. The lowest BCUT2D eigenvalue weighted by atomic mass is 10.0. The Morgan fingerprint density at radius 2 is 1.85 bits per heavy atom. The number of aromatic nitrogens is 2. The molecule has 2 aromatic carbocycles. The topological polar surface area (TPSA) is 57.9 Å². The van der Waals surface area contributed by atoms with Crippen LogP contribution < -0.4 is 5.73 Å². The molecule has 0 amide bonds. The van der Waals surface area contributed by atoms with Crippen LogP contribution in [0.4, 0.5) is 0 Å². The molecule has 2 aromatic heterocycles. The highest BCUT2D eigenvalue weighted by Crippen LogP contribution is 2.30. The molecule has 1 aliphatic rings. The number of benzene rings is 2. The first-order chi connectivity index (χ1) is 13.3. The molecule has 0 aliphatic carbocycles. The van der Waals surface area contributed by atoms with Crippen LogP contribution in [-0.4, -0.2) is 34.0 Å². The van der Waals surface area contributed by atoms with Gasteiger partial charge in [0.2, 0.25) is 0 Å². The molecular formula is C23H24N4. The largest absolute Gasteiger partial charge is 0.354 e. The highest BCUT2D eigenvalue weighted by Gasteiger charge is 2.16. The minimum Gasteiger partial charge on any atom is -0.354 e. The smallest absolute Gasteiger partial charge is 0.0486 e. The van der Waals surface area contributed by atoms with Gasteiger partial charge in [-0.15, -0.1) is 0 Å². The standard InChI is InChI=1S/C23H24N4/c24-19-7-9-27(10-8-19)15-16-5-6-18-13-25-14-21(20(18)11-16)23-12-17-3-1-2-4-22(17)26-23/h1-6,11-14,19,26H,7-10,15,24H2. The Balaban J connectivity index is 1.52. The minimum absolute atomic E-state index is 0.373. The fraction of sp³-hybridized carbons (Fsp3) is 0.261. The minimum atomic E-state index is 0.373. The van der Waals surface area contributed by atoms with Crippen LogP contribution in [0.2, 0.25) is 0 Å². The zero-order chi connectivity index (χ0) is 18.2. The lowest BCUT2D eigenvalue weighted by Crippen LogP contribution is -2.39. The van der Waals surface area contributed by atoms with Gasteiger partial charge >= 0.3 is 0 Å². The maximum Gasteiger partial charge on any atom is 0.0486 e. The molecule has 1 aliphatic heterocycles. The Morgan fingerprint density at radius 1 is 1.00 bits per heavy atom. The number of nitrogens with zero attached hydrogens (tertiary/aromatic N) is 2. The third-order valence-corrected chi connectivity index (χ3v) is 5.68. The Morgan fingerprint density at radius 3 is 2.70 bits per heavy atom. The van der Waals surface area contributed by atoms with E-state index in [1.807, 2.05) is 12.4 Å². The molecule has 0 bridgehead atoms. The van der Waals surface area contributed by atoms with Gasteiger partial charge in [-0.05, 0) is 55.1 Å². The monoisotopic (exact) mass is 356 g/mol. The van der Waals surface area contributed by atoms with Crippen LogP contribution in [0, 0.1) is 0 Å². The summed E-state index contributed by atoms with van der Waals surface area (Å²) in [6.45, 7) is 3.16. The van der Waals surface area contributed by atoms with E-state index in [2.05, 4.69) is 63.4 Å². The molecule has 4 aromatic rings.